The molecule has 0 unspecified atom stereocenters. The van der Waals surface area contributed by atoms with E-state index in [1.165, 1.54) is 0 Å². The fourth-order valence-electron chi connectivity index (χ4n) is 4.23. The van der Waals surface area contributed by atoms with E-state index in [-0.39, 0.29) is 11.4 Å². The van der Waals surface area contributed by atoms with Gasteiger partial charge in [-0.2, -0.15) is 5.26 Å². The first-order chi connectivity index (χ1) is 13.6. The molecular formula is C21H20N6O. The Morgan fingerprint density at radius 3 is 2.71 bits per heavy atom. The number of fused-ring (bicyclic) bond motifs is 1. The summed E-state index contributed by atoms with van der Waals surface area (Å²) in [5.74, 6) is 0.993. The molecule has 140 valence electrons. The van der Waals surface area contributed by atoms with Gasteiger partial charge in [0.05, 0.1) is 22.6 Å². The number of piperazine rings is 1. The second kappa shape index (κ2) is 6.06. The normalized spacial score (nSPS) is 17.7. The van der Waals surface area contributed by atoms with Gasteiger partial charge in [-0.25, -0.2) is 9.97 Å². The van der Waals surface area contributed by atoms with Crippen LogP contribution in [0.5, 0.6) is 0 Å². The van der Waals surface area contributed by atoms with E-state index in [2.05, 4.69) is 32.8 Å². The average molecular weight is 372 g/mol. The Balaban J connectivity index is 1.42. The predicted molar refractivity (Wildman–Crippen MR) is 105 cm³/mol. The molecule has 2 fully saturated rings. The fraction of sp³-hybridized carbons (Fsp3) is 0.333. The molecule has 0 atom stereocenters. The van der Waals surface area contributed by atoms with E-state index in [9.17, 15) is 4.79 Å². The Morgan fingerprint density at radius 2 is 2.00 bits per heavy atom. The SMILES string of the molecule is Cc1c[nH]c2ncnc(N3CCN(C(=O)c4ccc(C#N)cc4)C4(CC4)C3)c12. The minimum absolute atomic E-state index is 0.0484. The molecule has 0 bridgehead atoms. The maximum atomic E-state index is 13.1. The number of nitrogens with zero attached hydrogens (tertiary/aromatic N) is 5. The first-order valence-electron chi connectivity index (χ1n) is 9.47. The first kappa shape index (κ1) is 16.8. The summed E-state index contributed by atoms with van der Waals surface area (Å²) in [5.41, 5.74) is 3.07. The molecule has 1 spiro atoms. The van der Waals surface area contributed by atoms with E-state index in [4.69, 9.17) is 5.26 Å². The summed E-state index contributed by atoms with van der Waals surface area (Å²) in [5, 5.41) is 10.0. The minimum Gasteiger partial charge on any atom is -0.352 e. The topological polar surface area (TPSA) is 88.9 Å². The van der Waals surface area contributed by atoms with Crippen LogP contribution in [-0.2, 0) is 0 Å². The third-order valence-electron chi connectivity index (χ3n) is 5.93. The molecule has 1 aliphatic carbocycles. The molecule has 0 radical (unpaired) electrons. The largest absolute Gasteiger partial charge is 0.352 e. The van der Waals surface area contributed by atoms with Crippen molar-refractivity contribution in [2.24, 2.45) is 0 Å². The molecule has 2 aromatic heterocycles. The number of nitrogens with one attached hydrogen (secondary N) is 1. The van der Waals surface area contributed by atoms with Crippen molar-refractivity contribution < 1.29 is 4.79 Å². The fourth-order valence-corrected chi connectivity index (χ4v) is 4.23. The van der Waals surface area contributed by atoms with E-state index < -0.39 is 0 Å². The first-order valence-corrected chi connectivity index (χ1v) is 9.47. The third kappa shape index (κ3) is 2.53. The van der Waals surface area contributed by atoms with Crippen LogP contribution in [-0.4, -0.2) is 50.9 Å². The molecule has 28 heavy (non-hydrogen) atoms. The lowest BCUT2D eigenvalue weighted by Crippen LogP contribution is -2.57. The summed E-state index contributed by atoms with van der Waals surface area (Å²) >= 11 is 0. The van der Waals surface area contributed by atoms with Gasteiger partial charge in [-0.15, -0.1) is 0 Å². The Morgan fingerprint density at radius 1 is 1.21 bits per heavy atom. The summed E-state index contributed by atoms with van der Waals surface area (Å²) in [6.45, 7) is 4.24. The predicted octanol–water partition coefficient (Wildman–Crippen LogP) is 2.63. The van der Waals surface area contributed by atoms with E-state index in [0.717, 1.165) is 48.3 Å². The van der Waals surface area contributed by atoms with Gasteiger partial charge in [0.1, 0.15) is 17.8 Å². The van der Waals surface area contributed by atoms with Crippen molar-refractivity contribution in [1.29, 1.82) is 5.26 Å². The molecule has 7 heteroatoms. The molecule has 7 nitrogen and oxygen atoms in total. The van der Waals surface area contributed by atoms with Crippen molar-refractivity contribution in [1.82, 2.24) is 19.9 Å². The standard InChI is InChI=1S/C21H20N6O/c1-14-11-23-18-17(14)19(25-13-24-18)26-8-9-27(21(12-26)6-7-21)20(28)16-4-2-15(10-22)3-5-16/h2-5,11,13H,6-9,12H2,1H3,(H,23,24,25). The van der Waals surface area contributed by atoms with Gasteiger partial charge in [0, 0.05) is 31.4 Å². The lowest BCUT2D eigenvalue weighted by atomic mass is 10.1. The number of nitriles is 1. The maximum absolute atomic E-state index is 13.1. The van der Waals surface area contributed by atoms with Crippen molar-refractivity contribution >= 4 is 22.8 Å². The van der Waals surface area contributed by atoms with Gasteiger partial charge in [-0.1, -0.05) is 0 Å². The zero-order chi connectivity index (χ0) is 19.3. The number of benzene rings is 1. The van der Waals surface area contributed by atoms with E-state index in [1.54, 1.807) is 30.6 Å². The summed E-state index contributed by atoms with van der Waals surface area (Å²) in [6, 6.07) is 9.00. The smallest absolute Gasteiger partial charge is 0.254 e. The molecule has 3 heterocycles. The lowest BCUT2D eigenvalue weighted by Gasteiger charge is -2.43. The summed E-state index contributed by atoms with van der Waals surface area (Å²) in [7, 11) is 0. The number of H-pyrrole nitrogens is 1. The minimum atomic E-state index is -0.120. The van der Waals surface area contributed by atoms with Crippen molar-refractivity contribution in [3.8, 4) is 6.07 Å². The highest BCUT2D eigenvalue weighted by Crippen LogP contribution is 2.46. The second-order valence-electron chi connectivity index (χ2n) is 7.68. The quantitative estimate of drug-likeness (QED) is 0.747. The van der Waals surface area contributed by atoms with Gasteiger partial charge in [0.25, 0.3) is 5.91 Å². The molecule has 2 aliphatic rings. The van der Waals surface area contributed by atoms with Crippen LogP contribution in [0.15, 0.2) is 36.8 Å². The van der Waals surface area contributed by atoms with Crippen LogP contribution >= 0.6 is 0 Å². The van der Waals surface area contributed by atoms with Crippen LogP contribution in [0.1, 0.15) is 34.3 Å². The zero-order valence-corrected chi connectivity index (χ0v) is 15.6. The highest BCUT2D eigenvalue weighted by atomic mass is 16.2. The highest BCUT2D eigenvalue weighted by molar-refractivity contribution is 5.96. The molecule has 1 amide bonds. The molecule has 1 aliphatic heterocycles. The average Bonchev–Trinajstić information content (AvgIpc) is 3.39. The summed E-state index contributed by atoms with van der Waals surface area (Å²) < 4.78 is 0. The number of aryl methyl sites for hydroxylation is 1. The molecular weight excluding hydrogens is 352 g/mol. The van der Waals surface area contributed by atoms with Gasteiger partial charge in [-0.3, -0.25) is 4.79 Å². The van der Waals surface area contributed by atoms with Gasteiger partial charge < -0.3 is 14.8 Å². The third-order valence-corrected chi connectivity index (χ3v) is 5.93. The van der Waals surface area contributed by atoms with Gasteiger partial charge in [0.15, 0.2) is 0 Å². The molecule has 1 N–H and O–H groups in total. The van der Waals surface area contributed by atoms with E-state index in [1.807, 2.05) is 11.1 Å². The van der Waals surface area contributed by atoms with Crippen LogP contribution in [0.2, 0.25) is 0 Å². The second-order valence-corrected chi connectivity index (χ2v) is 7.68. The van der Waals surface area contributed by atoms with Gasteiger partial charge in [0.2, 0.25) is 0 Å². The summed E-state index contributed by atoms with van der Waals surface area (Å²) in [6.07, 6.45) is 5.57. The number of hydrogen-bond acceptors (Lipinski definition) is 5. The number of aromatic amines is 1. The monoisotopic (exact) mass is 372 g/mol. The van der Waals surface area contributed by atoms with E-state index >= 15 is 0 Å². The molecule has 1 aromatic carbocycles. The van der Waals surface area contributed by atoms with Gasteiger partial charge in [-0.05, 0) is 49.6 Å². The van der Waals surface area contributed by atoms with Crippen LogP contribution in [0.25, 0.3) is 11.0 Å². The number of amides is 1. The number of hydrogen-bond donors (Lipinski definition) is 1. The van der Waals surface area contributed by atoms with Crippen LogP contribution in [0.3, 0.4) is 0 Å². The number of anilines is 1. The summed E-state index contributed by atoms with van der Waals surface area (Å²) in [4.78, 5) is 29.5. The number of aromatic nitrogens is 3. The number of carbonyl (C=O) groups is 1. The Hall–Kier alpha value is -3.40. The van der Waals surface area contributed by atoms with Crippen molar-refractivity contribution in [3.05, 3.63) is 53.5 Å². The zero-order valence-electron chi connectivity index (χ0n) is 15.6. The van der Waals surface area contributed by atoms with Crippen molar-refractivity contribution in [2.75, 3.05) is 24.5 Å². The van der Waals surface area contributed by atoms with Crippen molar-refractivity contribution in [3.63, 3.8) is 0 Å². The van der Waals surface area contributed by atoms with Crippen LogP contribution in [0, 0.1) is 18.3 Å². The van der Waals surface area contributed by atoms with Crippen LogP contribution < -0.4 is 4.90 Å². The lowest BCUT2D eigenvalue weighted by molar-refractivity contribution is 0.0624. The van der Waals surface area contributed by atoms with E-state index in [0.29, 0.717) is 17.7 Å². The maximum Gasteiger partial charge on any atom is 0.254 e. The van der Waals surface area contributed by atoms with Gasteiger partial charge >= 0.3 is 0 Å². The molecule has 1 saturated carbocycles. The Kier molecular flexibility index (Phi) is 3.63. The van der Waals surface area contributed by atoms with Crippen molar-refractivity contribution in [2.45, 2.75) is 25.3 Å². The Labute approximate surface area is 162 Å². The Bertz CT molecular complexity index is 1110. The molecule has 3 aromatic rings. The molecule has 1 saturated heterocycles. The highest BCUT2D eigenvalue weighted by Gasteiger charge is 2.53. The molecule has 5 rings (SSSR count). The van der Waals surface area contributed by atoms with Crippen LogP contribution in [0.4, 0.5) is 5.82 Å². The number of carbonyl (C=O) groups excluding carboxylic acids is 1. The number of rotatable bonds is 2.